The van der Waals surface area contributed by atoms with E-state index in [4.69, 9.17) is 4.74 Å². The smallest absolute Gasteiger partial charge is 0.465 e. The second kappa shape index (κ2) is 14.8. The first-order valence-electron chi connectivity index (χ1n) is 15.2. The third-order valence-electron chi connectivity index (χ3n) is 7.80. The molecule has 16 heteroatoms. The molecule has 0 spiro atoms. The van der Waals surface area contributed by atoms with Gasteiger partial charge in [-0.1, -0.05) is 12.1 Å². The minimum Gasteiger partial charge on any atom is -0.465 e. The number of likely N-dealkylation sites (tertiary alicyclic amines) is 1. The number of halogens is 3. The van der Waals surface area contributed by atoms with Crippen molar-refractivity contribution in [1.82, 2.24) is 30.4 Å². The first-order chi connectivity index (χ1) is 22.9. The summed E-state index contributed by atoms with van der Waals surface area (Å²) in [5, 5.41) is 8.45. The lowest BCUT2D eigenvalue weighted by molar-refractivity contribution is -0.274. The zero-order valence-electron chi connectivity index (χ0n) is 26.2. The number of imide groups is 1. The molecule has 254 valence electrons. The van der Waals surface area contributed by atoms with Gasteiger partial charge in [0, 0.05) is 29.9 Å². The molecule has 5 rings (SSSR count). The lowest BCUT2D eigenvalue weighted by Crippen LogP contribution is -2.43. The maximum atomic E-state index is 13.4. The van der Waals surface area contributed by atoms with Gasteiger partial charge in [-0.2, -0.15) is 0 Å². The molecule has 2 aliphatic rings. The highest BCUT2D eigenvalue weighted by Gasteiger charge is 2.36. The van der Waals surface area contributed by atoms with Crippen LogP contribution in [-0.2, 0) is 22.6 Å². The number of ether oxygens (including phenoxy) is 2. The number of esters is 1. The molecule has 0 radical (unpaired) electrons. The Balaban J connectivity index is 1.39. The number of hydrogen-bond donors (Lipinski definition) is 3. The quantitative estimate of drug-likeness (QED) is 0.192. The van der Waals surface area contributed by atoms with E-state index in [0.29, 0.717) is 18.4 Å². The molecule has 13 nitrogen and oxygen atoms in total. The summed E-state index contributed by atoms with van der Waals surface area (Å²) in [4.78, 5) is 62.6. The summed E-state index contributed by atoms with van der Waals surface area (Å²) in [7, 11) is 1.97. The fourth-order valence-corrected chi connectivity index (χ4v) is 5.35. The van der Waals surface area contributed by atoms with Crippen LogP contribution in [0.15, 0.2) is 48.7 Å². The number of piperidine rings is 1. The molecular weight excluding hydrogens is 635 g/mol. The Morgan fingerprint density at radius 3 is 2.38 bits per heavy atom. The molecule has 0 saturated carbocycles. The van der Waals surface area contributed by atoms with E-state index in [1.165, 1.54) is 18.3 Å². The van der Waals surface area contributed by atoms with Crippen LogP contribution in [-0.4, -0.2) is 89.2 Å². The summed E-state index contributed by atoms with van der Waals surface area (Å²) in [6.07, 6.45) is -2.32. The number of benzene rings is 2. The number of nitrogens with one attached hydrogen (secondary N) is 3. The molecule has 2 aliphatic heterocycles. The number of nitrogens with zero attached hydrogens (tertiary/aromatic N) is 4. The Bertz CT molecular complexity index is 1660. The Morgan fingerprint density at radius 2 is 1.73 bits per heavy atom. The largest absolute Gasteiger partial charge is 0.573 e. The molecule has 3 N–H and O–H groups in total. The van der Waals surface area contributed by atoms with Crippen LogP contribution < -0.4 is 20.7 Å². The monoisotopic (exact) mass is 669 g/mol. The minimum absolute atomic E-state index is 0.0280. The van der Waals surface area contributed by atoms with Gasteiger partial charge in [-0.05, 0) is 70.2 Å². The van der Waals surface area contributed by atoms with Crippen molar-refractivity contribution in [2.75, 3.05) is 38.6 Å². The lowest BCUT2D eigenvalue weighted by atomic mass is 10.0. The number of anilines is 2. The van der Waals surface area contributed by atoms with Crippen LogP contribution in [0.2, 0.25) is 0 Å². The van der Waals surface area contributed by atoms with E-state index in [0.717, 1.165) is 24.1 Å². The molecule has 2 aromatic carbocycles. The number of carbonyl (C=O) groups excluding carboxylic acids is 4. The Hall–Kier alpha value is -5.09. The molecule has 3 aromatic rings. The fraction of sp³-hybridized carbons (Fsp3) is 0.375. The number of amides is 3. The fourth-order valence-electron chi connectivity index (χ4n) is 5.35. The molecule has 3 heterocycles. The van der Waals surface area contributed by atoms with Crippen LogP contribution >= 0.6 is 0 Å². The second-order valence-corrected chi connectivity index (χ2v) is 11.3. The van der Waals surface area contributed by atoms with Gasteiger partial charge in [0.1, 0.15) is 0 Å². The molecule has 1 aromatic heterocycles. The number of rotatable bonds is 12. The zero-order chi connectivity index (χ0) is 34.4. The minimum atomic E-state index is -5.07. The van der Waals surface area contributed by atoms with Crippen molar-refractivity contribution < 1.29 is 41.8 Å². The number of aromatic nitrogens is 2. The molecule has 0 unspecified atom stereocenters. The van der Waals surface area contributed by atoms with Crippen molar-refractivity contribution in [3.63, 3.8) is 0 Å². The van der Waals surface area contributed by atoms with Gasteiger partial charge in [-0.25, -0.2) is 9.97 Å². The van der Waals surface area contributed by atoms with Gasteiger partial charge in [-0.3, -0.25) is 24.1 Å². The van der Waals surface area contributed by atoms with Gasteiger partial charge in [0.15, 0.2) is 5.75 Å². The van der Waals surface area contributed by atoms with Crippen molar-refractivity contribution in [3.05, 3.63) is 76.6 Å². The topological polar surface area (TPSA) is 155 Å². The summed E-state index contributed by atoms with van der Waals surface area (Å²) < 4.78 is 49.5. The van der Waals surface area contributed by atoms with E-state index < -0.39 is 35.8 Å². The highest BCUT2D eigenvalue weighted by Crippen LogP contribution is 2.33. The summed E-state index contributed by atoms with van der Waals surface area (Å²) in [5.74, 6) is -2.90. The maximum absolute atomic E-state index is 13.4. The van der Waals surface area contributed by atoms with Crippen molar-refractivity contribution in [1.29, 1.82) is 0 Å². The summed E-state index contributed by atoms with van der Waals surface area (Å²) >= 11 is 0. The number of hydrogen-bond acceptors (Lipinski definition) is 11. The van der Waals surface area contributed by atoms with E-state index in [1.54, 1.807) is 31.2 Å². The van der Waals surface area contributed by atoms with Crippen LogP contribution in [0.4, 0.5) is 24.8 Å². The number of fused-ring (bicyclic) bond motifs is 1. The van der Waals surface area contributed by atoms with Gasteiger partial charge in [-0.15, -0.1) is 13.2 Å². The van der Waals surface area contributed by atoms with Crippen LogP contribution in [0.1, 0.15) is 62.1 Å². The van der Waals surface area contributed by atoms with Crippen LogP contribution in [0.3, 0.4) is 0 Å². The molecule has 48 heavy (non-hydrogen) atoms. The Morgan fingerprint density at radius 1 is 1.04 bits per heavy atom. The van der Waals surface area contributed by atoms with Gasteiger partial charge >= 0.3 is 12.3 Å². The van der Waals surface area contributed by atoms with E-state index in [-0.39, 0.29) is 66.3 Å². The first kappa shape index (κ1) is 34.3. The SMILES string of the molecule is CCOC(=O)CNCc1nc(Nc2ccc(C(=O)NC3CCN(C)CC3)cc2OC(F)(F)F)ncc1CN1C(=O)c2ccccc2C1=O. The third-order valence-corrected chi connectivity index (χ3v) is 7.80. The van der Waals surface area contributed by atoms with Crippen LogP contribution in [0.25, 0.3) is 0 Å². The molecule has 1 saturated heterocycles. The average molecular weight is 670 g/mol. The maximum Gasteiger partial charge on any atom is 0.573 e. The molecule has 0 atom stereocenters. The van der Waals surface area contributed by atoms with Crippen LogP contribution in [0.5, 0.6) is 5.75 Å². The zero-order valence-corrected chi connectivity index (χ0v) is 26.2. The van der Waals surface area contributed by atoms with Gasteiger partial charge < -0.3 is 30.3 Å². The summed E-state index contributed by atoms with van der Waals surface area (Å²) in [5.41, 5.74) is 0.898. The van der Waals surface area contributed by atoms with Gasteiger partial charge in [0.25, 0.3) is 17.7 Å². The number of carbonyl (C=O) groups is 4. The molecule has 0 aliphatic carbocycles. The van der Waals surface area contributed by atoms with Gasteiger partial charge in [0.05, 0.1) is 42.2 Å². The summed E-state index contributed by atoms with van der Waals surface area (Å²) in [6, 6.07) is 9.87. The standard InChI is InChI=1S/C32H34F3N7O6/c1-3-47-27(43)17-36-16-25-20(18-42-29(45)22-6-4-5-7-23(22)30(42)46)15-37-31(40-25)39-24-9-8-19(14-26(24)48-32(33,34)35)28(44)38-21-10-12-41(2)13-11-21/h4-9,14-15,21,36H,3,10-13,16-18H2,1-2H3,(H,38,44)(H,37,39,40). The highest BCUT2D eigenvalue weighted by molar-refractivity contribution is 6.21. The predicted octanol–water partition coefficient (Wildman–Crippen LogP) is 3.39. The van der Waals surface area contributed by atoms with Crippen molar-refractivity contribution in [3.8, 4) is 5.75 Å². The van der Waals surface area contributed by atoms with E-state index in [1.807, 2.05) is 7.05 Å². The van der Waals surface area contributed by atoms with Crippen molar-refractivity contribution in [2.45, 2.75) is 45.3 Å². The Kier molecular flexibility index (Phi) is 10.5. The molecule has 3 amide bonds. The molecule has 1 fully saturated rings. The predicted molar refractivity (Wildman–Crippen MR) is 165 cm³/mol. The third kappa shape index (κ3) is 8.43. The van der Waals surface area contributed by atoms with E-state index >= 15 is 0 Å². The van der Waals surface area contributed by atoms with E-state index in [2.05, 4.69) is 35.6 Å². The second-order valence-electron chi connectivity index (χ2n) is 11.3. The van der Waals surface area contributed by atoms with Crippen molar-refractivity contribution in [2.24, 2.45) is 0 Å². The van der Waals surface area contributed by atoms with Crippen LogP contribution in [0, 0.1) is 0 Å². The Labute approximate surface area is 273 Å². The highest BCUT2D eigenvalue weighted by atomic mass is 19.4. The number of alkyl halides is 3. The lowest BCUT2D eigenvalue weighted by Gasteiger charge is -2.29. The van der Waals surface area contributed by atoms with Gasteiger partial charge in [0.2, 0.25) is 5.95 Å². The average Bonchev–Trinajstić information content (AvgIpc) is 3.28. The first-order valence-corrected chi connectivity index (χ1v) is 15.2. The normalized spacial score (nSPS) is 15.3. The summed E-state index contributed by atoms with van der Waals surface area (Å²) in [6.45, 7) is 2.97. The van der Waals surface area contributed by atoms with E-state index in [9.17, 15) is 32.3 Å². The molecule has 0 bridgehead atoms. The van der Waals surface area contributed by atoms with Crippen molar-refractivity contribution >= 4 is 35.3 Å². The molecular formula is C32H34F3N7O6.